The van der Waals surface area contributed by atoms with Crippen molar-refractivity contribution in [3.8, 4) is 5.75 Å². The number of rotatable bonds is 5. The molecule has 1 fully saturated rings. The van der Waals surface area contributed by atoms with Gasteiger partial charge in [-0.3, -0.25) is 10.1 Å². The van der Waals surface area contributed by atoms with Crippen LogP contribution < -0.4 is 10.1 Å². The molecule has 0 saturated heterocycles. The average molecular weight is 372 g/mol. The van der Waals surface area contributed by atoms with Gasteiger partial charge in [-0.2, -0.15) is 0 Å². The van der Waals surface area contributed by atoms with Crippen LogP contribution in [-0.2, 0) is 4.79 Å². The van der Waals surface area contributed by atoms with E-state index in [4.69, 9.17) is 4.74 Å². The Morgan fingerprint density at radius 2 is 1.88 bits per heavy atom. The molecule has 1 saturated carbocycles. The molecule has 1 amide bonds. The maximum atomic E-state index is 12.2. The van der Waals surface area contributed by atoms with Crippen molar-refractivity contribution in [2.45, 2.75) is 51.9 Å². The molecule has 1 heterocycles. The fourth-order valence-electron chi connectivity index (χ4n) is 3.42. The summed E-state index contributed by atoms with van der Waals surface area (Å²) in [7, 11) is 1.65. The number of nitrogens with zero attached hydrogens (tertiary/aromatic N) is 2. The Balaban J connectivity index is 1.64. The van der Waals surface area contributed by atoms with Gasteiger partial charge in [0.25, 0.3) is 0 Å². The third-order valence-corrected chi connectivity index (χ3v) is 5.83. The second-order valence-corrected chi connectivity index (χ2v) is 7.79. The van der Waals surface area contributed by atoms with Crippen LogP contribution in [0.15, 0.2) is 18.2 Å². The maximum absolute atomic E-state index is 12.2. The van der Waals surface area contributed by atoms with Crippen molar-refractivity contribution in [2.24, 2.45) is 0 Å². The van der Waals surface area contributed by atoms with E-state index in [1.165, 1.54) is 43.4 Å². The normalized spacial score (nSPS) is 15.3. The Labute approximate surface area is 158 Å². The van der Waals surface area contributed by atoms with Gasteiger partial charge in [-0.25, -0.2) is 0 Å². The van der Waals surface area contributed by atoms with E-state index in [1.807, 2.05) is 32.1 Å². The molecule has 0 bridgehead atoms. The number of hydrogen-bond donors (Lipinski definition) is 1. The molecule has 1 aromatic heterocycles. The number of nitrogens with one attached hydrogen (secondary N) is 1. The largest absolute Gasteiger partial charge is 0.497 e. The molecule has 2 aromatic rings. The van der Waals surface area contributed by atoms with Crippen LogP contribution in [0.4, 0.5) is 5.13 Å². The van der Waals surface area contributed by atoms with E-state index in [1.54, 1.807) is 13.2 Å². The van der Waals surface area contributed by atoms with E-state index in [0.29, 0.717) is 11.0 Å². The Morgan fingerprint density at radius 3 is 2.54 bits per heavy atom. The van der Waals surface area contributed by atoms with Crippen molar-refractivity contribution in [3.63, 3.8) is 0 Å². The number of anilines is 1. The minimum absolute atomic E-state index is 0.189. The lowest BCUT2D eigenvalue weighted by atomic mass is 9.90. The van der Waals surface area contributed by atoms with Gasteiger partial charge in [-0.05, 0) is 61.6 Å². The zero-order valence-electron chi connectivity index (χ0n) is 15.5. The summed E-state index contributed by atoms with van der Waals surface area (Å²) in [6.07, 6.45) is 9.57. The number of ether oxygens (including phenoxy) is 1. The molecule has 0 aliphatic heterocycles. The van der Waals surface area contributed by atoms with Gasteiger partial charge in [-0.15, -0.1) is 10.2 Å². The summed E-state index contributed by atoms with van der Waals surface area (Å²) in [5, 5.41) is 12.9. The summed E-state index contributed by atoms with van der Waals surface area (Å²) >= 11 is 1.50. The second kappa shape index (κ2) is 8.45. The van der Waals surface area contributed by atoms with Crippen molar-refractivity contribution in [1.29, 1.82) is 0 Å². The number of carbonyl (C=O) groups excluding carboxylic acids is 1. The van der Waals surface area contributed by atoms with Gasteiger partial charge in [0.2, 0.25) is 11.0 Å². The lowest BCUT2D eigenvalue weighted by Crippen LogP contribution is -2.07. The predicted octanol–water partition coefficient (Wildman–Crippen LogP) is 4.86. The first-order valence-electron chi connectivity index (χ1n) is 9.04. The summed E-state index contributed by atoms with van der Waals surface area (Å²) in [5.41, 5.74) is 3.17. The number of aryl methyl sites for hydroxylation is 2. The molecule has 0 atom stereocenters. The first-order valence-corrected chi connectivity index (χ1v) is 9.86. The number of benzene rings is 1. The van der Waals surface area contributed by atoms with Crippen LogP contribution in [0.2, 0.25) is 0 Å². The lowest BCUT2D eigenvalue weighted by Gasteiger charge is -2.18. The van der Waals surface area contributed by atoms with Gasteiger partial charge < -0.3 is 4.74 Å². The minimum Gasteiger partial charge on any atom is -0.497 e. The predicted molar refractivity (Wildman–Crippen MR) is 106 cm³/mol. The van der Waals surface area contributed by atoms with Crippen LogP contribution in [0.25, 0.3) is 6.08 Å². The van der Waals surface area contributed by atoms with Crippen LogP contribution in [0.3, 0.4) is 0 Å². The standard InChI is InChI=1S/C20H25N3O2S/c1-13-11-16(25-3)12-14(2)17(13)9-10-18(24)21-20-23-22-19(26-20)15-7-5-4-6-8-15/h9-12,15H,4-8H2,1-3H3,(H,21,23,24)/b10-9+. The highest BCUT2D eigenvalue weighted by atomic mass is 32.1. The number of carbonyl (C=O) groups is 1. The molecule has 26 heavy (non-hydrogen) atoms. The highest BCUT2D eigenvalue weighted by Crippen LogP contribution is 2.35. The van der Waals surface area contributed by atoms with Crippen LogP contribution in [0.1, 0.15) is 59.7 Å². The van der Waals surface area contributed by atoms with Crippen LogP contribution in [-0.4, -0.2) is 23.2 Å². The zero-order valence-corrected chi connectivity index (χ0v) is 16.4. The van der Waals surface area contributed by atoms with Gasteiger partial charge in [0.05, 0.1) is 7.11 Å². The van der Waals surface area contributed by atoms with Gasteiger partial charge in [0, 0.05) is 12.0 Å². The topological polar surface area (TPSA) is 64.1 Å². The first kappa shape index (κ1) is 18.6. The zero-order chi connectivity index (χ0) is 18.5. The molecule has 0 spiro atoms. The summed E-state index contributed by atoms with van der Waals surface area (Å²) < 4.78 is 5.27. The van der Waals surface area contributed by atoms with E-state index < -0.39 is 0 Å². The molecule has 0 unspecified atom stereocenters. The molecule has 1 aromatic carbocycles. The first-order chi connectivity index (χ1) is 12.6. The molecular formula is C20H25N3O2S. The van der Waals surface area contributed by atoms with Crippen molar-refractivity contribution in [1.82, 2.24) is 10.2 Å². The molecule has 3 rings (SSSR count). The molecule has 138 valence electrons. The molecule has 1 aliphatic carbocycles. The third-order valence-electron chi connectivity index (χ3n) is 4.83. The van der Waals surface area contributed by atoms with Crippen molar-refractivity contribution >= 4 is 28.5 Å². The lowest BCUT2D eigenvalue weighted by molar-refractivity contribution is -0.111. The molecule has 5 nitrogen and oxygen atoms in total. The Bertz CT molecular complexity index is 784. The molecule has 1 N–H and O–H groups in total. The maximum Gasteiger partial charge on any atom is 0.250 e. The Hall–Kier alpha value is -2.21. The van der Waals surface area contributed by atoms with Gasteiger partial charge in [-0.1, -0.05) is 30.6 Å². The number of methoxy groups -OCH3 is 1. The number of amides is 1. The summed E-state index contributed by atoms with van der Waals surface area (Å²) in [4.78, 5) is 12.2. The molecular weight excluding hydrogens is 346 g/mol. The van der Waals surface area contributed by atoms with Gasteiger partial charge >= 0.3 is 0 Å². The van der Waals surface area contributed by atoms with Gasteiger partial charge in [0.15, 0.2) is 0 Å². The highest BCUT2D eigenvalue weighted by Gasteiger charge is 2.20. The SMILES string of the molecule is COc1cc(C)c(/C=C/C(=O)Nc2nnc(C3CCCCC3)s2)c(C)c1. The Kier molecular flexibility index (Phi) is 6.04. The van der Waals surface area contributed by atoms with E-state index in [9.17, 15) is 4.79 Å². The summed E-state index contributed by atoms with van der Waals surface area (Å²) in [6, 6.07) is 3.93. The van der Waals surface area contributed by atoms with E-state index in [2.05, 4.69) is 15.5 Å². The second-order valence-electron chi connectivity index (χ2n) is 6.78. The van der Waals surface area contributed by atoms with Crippen LogP contribution in [0, 0.1) is 13.8 Å². The number of aromatic nitrogens is 2. The summed E-state index contributed by atoms with van der Waals surface area (Å²) in [5.74, 6) is 1.14. The minimum atomic E-state index is -0.189. The fraction of sp³-hybridized carbons (Fsp3) is 0.450. The highest BCUT2D eigenvalue weighted by molar-refractivity contribution is 7.15. The summed E-state index contributed by atoms with van der Waals surface area (Å²) in [6.45, 7) is 4.02. The van der Waals surface area contributed by atoms with Crippen molar-refractivity contribution in [3.05, 3.63) is 39.9 Å². The quantitative estimate of drug-likeness (QED) is 0.762. The van der Waals surface area contributed by atoms with E-state index in [0.717, 1.165) is 27.4 Å². The smallest absolute Gasteiger partial charge is 0.250 e. The van der Waals surface area contributed by atoms with E-state index >= 15 is 0 Å². The van der Waals surface area contributed by atoms with Crippen LogP contribution in [0.5, 0.6) is 5.75 Å². The van der Waals surface area contributed by atoms with Gasteiger partial charge in [0.1, 0.15) is 10.8 Å². The average Bonchev–Trinajstić information content (AvgIpc) is 3.10. The molecule has 0 radical (unpaired) electrons. The van der Waals surface area contributed by atoms with Crippen LogP contribution >= 0.6 is 11.3 Å². The molecule has 1 aliphatic rings. The fourth-order valence-corrected chi connectivity index (χ4v) is 4.34. The monoisotopic (exact) mass is 371 g/mol. The van der Waals surface area contributed by atoms with Crippen molar-refractivity contribution in [2.75, 3.05) is 12.4 Å². The van der Waals surface area contributed by atoms with Crippen molar-refractivity contribution < 1.29 is 9.53 Å². The number of hydrogen-bond acceptors (Lipinski definition) is 5. The Morgan fingerprint density at radius 1 is 1.19 bits per heavy atom. The third kappa shape index (κ3) is 4.49. The molecule has 6 heteroatoms. The van der Waals surface area contributed by atoms with E-state index in [-0.39, 0.29) is 5.91 Å².